The number of rotatable bonds is 7. The van der Waals surface area contributed by atoms with Crippen LogP contribution >= 0.6 is 23.5 Å². The standard InChI is InChI=1S/C29H31FN2OS2/c1-34-24-12-13-29-25(20-24)26(19-22-5-2-3-7-28(22)35-29)32-17-15-31(16-18-32)14-4-6-27(33)21-8-10-23(30)11-9-21/h2-3,5,7-13,20,26H,4,6,14-19H2,1H3. The summed E-state index contributed by atoms with van der Waals surface area (Å²) in [6, 6.07) is 22.0. The van der Waals surface area contributed by atoms with E-state index in [1.807, 2.05) is 23.5 Å². The van der Waals surface area contributed by atoms with Crippen molar-refractivity contribution in [2.75, 3.05) is 39.0 Å². The topological polar surface area (TPSA) is 23.6 Å². The molecular weight excluding hydrogens is 475 g/mol. The molecule has 1 saturated heterocycles. The summed E-state index contributed by atoms with van der Waals surface area (Å²) >= 11 is 3.71. The van der Waals surface area contributed by atoms with Crippen LogP contribution in [0.5, 0.6) is 0 Å². The first-order chi connectivity index (χ1) is 17.1. The van der Waals surface area contributed by atoms with Gasteiger partial charge in [-0.3, -0.25) is 9.69 Å². The molecule has 1 unspecified atom stereocenters. The molecule has 2 aliphatic rings. The molecule has 3 nitrogen and oxygen atoms in total. The second-order valence-electron chi connectivity index (χ2n) is 9.24. The highest BCUT2D eigenvalue weighted by molar-refractivity contribution is 7.99. The first-order valence-electron chi connectivity index (χ1n) is 12.3. The zero-order valence-electron chi connectivity index (χ0n) is 20.1. The monoisotopic (exact) mass is 506 g/mol. The molecule has 3 aromatic carbocycles. The van der Waals surface area contributed by atoms with Gasteiger partial charge in [0.2, 0.25) is 0 Å². The average Bonchev–Trinajstić information content (AvgIpc) is 3.05. The summed E-state index contributed by atoms with van der Waals surface area (Å²) in [5.74, 6) is -0.207. The summed E-state index contributed by atoms with van der Waals surface area (Å²) in [6.07, 6.45) is 4.53. The van der Waals surface area contributed by atoms with Gasteiger partial charge >= 0.3 is 0 Å². The predicted octanol–water partition coefficient (Wildman–Crippen LogP) is 6.58. The van der Waals surface area contributed by atoms with Crippen LogP contribution in [-0.4, -0.2) is 54.6 Å². The van der Waals surface area contributed by atoms with Crippen LogP contribution in [0.25, 0.3) is 0 Å². The van der Waals surface area contributed by atoms with Crippen molar-refractivity contribution in [3.63, 3.8) is 0 Å². The molecular formula is C29H31FN2OS2. The highest BCUT2D eigenvalue weighted by atomic mass is 32.2. The Morgan fingerprint density at radius 2 is 1.77 bits per heavy atom. The Morgan fingerprint density at radius 3 is 2.54 bits per heavy atom. The molecule has 6 heteroatoms. The van der Waals surface area contributed by atoms with Crippen molar-refractivity contribution in [1.82, 2.24) is 9.80 Å². The minimum absolute atomic E-state index is 0.0967. The third-order valence-electron chi connectivity index (χ3n) is 7.07. The fourth-order valence-electron chi connectivity index (χ4n) is 5.08. The van der Waals surface area contributed by atoms with Crippen molar-refractivity contribution >= 4 is 29.3 Å². The number of halogens is 1. The van der Waals surface area contributed by atoms with Gasteiger partial charge in [-0.2, -0.15) is 0 Å². The van der Waals surface area contributed by atoms with E-state index in [2.05, 4.69) is 58.5 Å². The molecule has 2 heterocycles. The first-order valence-corrected chi connectivity index (χ1v) is 14.3. The van der Waals surface area contributed by atoms with Crippen molar-refractivity contribution in [3.8, 4) is 0 Å². The molecule has 0 N–H and O–H groups in total. The van der Waals surface area contributed by atoms with E-state index in [4.69, 9.17) is 0 Å². The Labute approximate surface area is 216 Å². The van der Waals surface area contributed by atoms with Crippen molar-refractivity contribution in [2.24, 2.45) is 0 Å². The van der Waals surface area contributed by atoms with Gasteiger partial charge in [-0.1, -0.05) is 30.0 Å². The lowest BCUT2D eigenvalue weighted by molar-refractivity contribution is 0.0887. The van der Waals surface area contributed by atoms with E-state index in [9.17, 15) is 9.18 Å². The number of benzene rings is 3. The number of carbonyl (C=O) groups is 1. The van der Waals surface area contributed by atoms with E-state index in [-0.39, 0.29) is 11.6 Å². The van der Waals surface area contributed by atoms with Crippen LogP contribution in [0.2, 0.25) is 0 Å². The van der Waals surface area contributed by atoms with Gasteiger partial charge in [0.15, 0.2) is 5.78 Å². The average molecular weight is 507 g/mol. The second kappa shape index (κ2) is 11.3. The number of hydrogen-bond acceptors (Lipinski definition) is 5. The molecule has 0 spiro atoms. The van der Waals surface area contributed by atoms with Gasteiger partial charge in [0.1, 0.15) is 5.82 Å². The van der Waals surface area contributed by atoms with E-state index in [0.717, 1.165) is 45.6 Å². The Balaban J connectivity index is 1.21. The predicted molar refractivity (Wildman–Crippen MR) is 143 cm³/mol. The highest BCUT2D eigenvalue weighted by Gasteiger charge is 2.30. The van der Waals surface area contributed by atoms with Gasteiger partial charge in [-0.05, 0) is 85.3 Å². The minimum atomic E-state index is -0.303. The van der Waals surface area contributed by atoms with Crippen molar-refractivity contribution in [2.45, 2.75) is 40.0 Å². The van der Waals surface area contributed by atoms with Gasteiger partial charge in [-0.15, -0.1) is 11.8 Å². The van der Waals surface area contributed by atoms with E-state index in [1.165, 1.54) is 37.9 Å². The molecule has 5 rings (SSSR count). The minimum Gasteiger partial charge on any atom is -0.301 e. The molecule has 0 amide bonds. The van der Waals surface area contributed by atoms with E-state index < -0.39 is 0 Å². The third-order valence-corrected chi connectivity index (χ3v) is 9.01. The van der Waals surface area contributed by atoms with Crippen molar-refractivity contribution in [3.05, 3.63) is 89.2 Å². The lowest BCUT2D eigenvalue weighted by Crippen LogP contribution is -2.48. The van der Waals surface area contributed by atoms with Gasteiger partial charge in [0.25, 0.3) is 0 Å². The lowest BCUT2D eigenvalue weighted by atomic mass is 9.96. The quantitative estimate of drug-likeness (QED) is 0.266. The summed E-state index contributed by atoms with van der Waals surface area (Å²) in [5, 5.41) is 0. The zero-order valence-corrected chi connectivity index (χ0v) is 21.7. The molecule has 0 radical (unpaired) electrons. The van der Waals surface area contributed by atoms with Crippen molar-refractivity contribution in [1.29, 1.82) is 0 Å². The fraction of sp³-hybridized carbons (Fsp3) is 0.345. The maximum atomic E-state index is 13.1. The molecule has 0 saturated carbocycles. The normalized spacial score (nSPS) is 18.5. The van der Waals surface area contributed by atoms with Gasteiger partial charge < -0.3 is 4.90 Å². The molecule has 0 bridgehead atoms. The maximum Gasteiger partial charge on any atom is 0.162 e. The Bertz CT molecular complexity index is 1180. The summed E-state index contributed by atoms with van der Waals surface area (Å²) in [6.45, 7) is 5.04. The Morgan fingerprint density at radius 1 is 1.00 bits per heavy atom. The van der Waals surface area contributed by atoms with E-state index in [0.29, 0.717) is 18.0 Å². The number of thioether (sulfide) groups is 1. The van der Waals surface area contributed by atoms with Crippen LogP contribution in [0.4, 0.5) is 4.39 Å². The number of carbonyl (C=O) groups excluding carboxylic acids is 1. The fourth-order valence-corrected chi connectivity index (χ4v) is 6.65. The van der Waals surface area contributed by atoms with E-state index in [1.54, 1.807) is 12.1 Å². The highest BCUT2D eigenvalue weighted by Crippen LogP contribution is 2.44. The van der Waals surface area contributed by atoms with Gasteiger partial charge in [0, 0.05) is 58.9 Å². The molecule has 2 aliphatic heterocycles. The number of fused-ring (bicyclic) bond motifs is 2. The van der Waals surface area contributed by atoms with Crippen LogP contribution in [0.3, 0.4) is 0 Å². The molecule has 3 aromatic rings. The largest absolute Gasteiger partial charge is 0.301 e. The van der Waals surface area contributed by atoms with Crippen LogP contribution in [0, 0.1) is 5.82 Å². The molecule has 0 aromatic heterocycles. The summed E-state index contributed by atoms with van der Waals surface area (Å²) < 4.78 is 13.1. The number of nitrogens with zero attached hydrogens (tertiary/aromatic N) is 2. The summed E-state index contributed by atoms with van der Waals surface area (Å²) in [4.78, 5) is 21.6. The van der Waals surface area contributed by atoms with E-state index >= 15 is 0 Å². The number of piperazine rings is 1. The summed E-state index contributed by atoms with van der Waals surface area (Å²) in [7, 11) is 0. The molecule has 35 heavy (non-hydrogen) atoms. The number of ketones is 1. The SMILES string of the molecule is CSc1ccc2c(c1)C(N1CCN(CCCC(=O)c3ccc(F)cc3)CC1)Cc1ccccc1S2. The molecule has 0 aliphatic carbocycles. The molecule has 1 fully saturated rings. The number of Topliss-reactive ketones (excluding diaryl/α,β-unsaturated/α-hetero) is 1. The van der Waals surface area contributed by atoms with Gasteiger partial charge in [-0.25, -0.2) is 4.39 Å². The third kappa shape index (κ3) is 5.83. The van der Waals surface area contributed by atoms with Gasteiger partial charge in [0.05, 0.1) is 0 Å². The number of hydrogen-bond donors (Lipinski definition) is 0. The van der Waals surface area contributed by atoms with Crippen LogP contribution in [0.15, 0.2) is 81.4 Å². The summed E-state index contributed by atoms with van der Waals surface area (Å²) in [5.41, 5.74) is 3.49. The molecule has 182 valence electrons. The zero-order chi connectivity index (χ0) is 24.2. The molecule has 1 atom stereocenters. The second-order valence-corrected chi connectivity index (χ2v) is 11.2. The maximum absolute atomic E-state index is 13.1. The van der Waals surface area contributed by atoms with Crippen LogP contribution in [0.1, 0.15) is 40.4 Å². The Hall–Kier alpha value is -2.12. The van der Waals surface area contributed by atoms with Crippen molar-refractivity contribution < 1.29 is 9.18 Å². The lowest BCUT2D eigenvalue weighted by Gasteiger charge is -2.39. The smallest absolute Gasteiger partial charge is 0.162 e. The van der Waals surface area contributed by atoms with Crippen LogP contribution in [-0.2, 0) is 6.42 Å². The Kier molecular flexibility index (Phi) is 7.93. The van der Waals surface area contributed by atoms with Crippen LogP contribution < -0.4 is 0 Å². The first kappa shape index (κ1) is 24.6.